The van der Waals surface area contributed by atoms with Gasteiger partial charge in [0, 0.05) is 38.7 Å². The van der Waals surface area contributed by atoms with Gasteiger partial charge in [-0.05, 0) is 78.9 Å². The van der Waals surface area contributed by atoms with Gasteiger partial charge in [-0.2, -0.15) is 9.78 Å². The molecule has 0 aliphatic rings. The minimum atomic E-state index is -0.214. The lowest BCUT2D eigenvalue weighted by Gasteiger charge is -2.17. The molecule has 7 heteroatoms. The molecule has 0 radical (unpaired) electrons. The fourth-order valence-electron chi connectivity index (χ4n) is 5.68. The van der Waals surface area contributed by atoms with Gasteiger partial charge in [-0.1, -0.05) is 72.2 Å². The van der Waals surface area contributed by atoms with Gasteiger partial charge >= 0.3 is 0 Å². The zero-order valence-corrected chi connectivity index (χ0v) is 26.5. The molecule has 216 valence electrons. The van der Waals surface area contributed by atoms with Crippen LogP contribution in [-0.4, -0.2) is 27.6 Å². The van der Waals surface area contributed by atoms with Gasteiger partial charge in [-0.25, -0.2) is 4.98 Å². The molecular weight excluding hydrogens is 600 g/mol. The molecule has 0 amide bonds. The van der Waals surface area contributed by atoms with Crippen LogP contribution >= 0.6 is 15.9 Å². The van der Waals surface area contributed by atoms with Crippen LogP contribution in [-0.2, 0) is 6.54 Å². The molecule has 0 spiro atoms. The third-order valence-corrected chi connectivity index (χ3v) is 8.56. The summed E-state index contributed by atoms with van der Waals surface area (Å²) in [5.74, 6) is 1.54. The maximum atomic E-state index is 14.0. The molecule has 0 saturated carbocycles. The van der Waals surface area contributed by atoms with E-state index in [1.165, 1.54) is 10.2 Å². The van der Waals surface area contributed by atoms with Crippen LogP contribution in [0.25, 0.3) is 33.2 Å². The molecule has 0 bridgehead atoms. The Bertz CT molecular complexity index is 2070. The van der Waals surface area contributed by atoms with Crippen molar-refractivity contribution >= 4 is 44.0 Å². The van der Waals surface area contributed by atoms with E-state index in [2.05, 4.69) is 89.8 Å². The van der Waals surface area contributed by atoms with E-state index in [9.17, 15) is 4.79 Å². The van der Waals surface area contributed by atoms with Crippen molar-refractivity contribution in [3.8, 4) is 17.1 Å². The molecule has 0 aliphatic heterocycles. The molecule has 0 fully saturated rings. The van der Waals surface area contributed by atoms with Gasteiger partial charge in [0.1, 0.15) is 5.75 Å². The quantitative estimate of drug-likeness (QED) is 0.166. The molecule has 2 heterocycles. The second kappa shape index (κ2) is 11.7. The smallest absolute Gasteiger partial charge is 0.282 e. The van der Waals surface area contributed by atoms with E-state index in [1.54, 1.807) is 19.4 Å². The molecule has 6 rings (SSSR count). The summed E-state index contributed by atoms with van der Waals surface area (Å²) < 4.78 is 10.5. The first-order valence-electron chi connectivity index (χ1n) is 14.3. The topological polar surface area (TPSA) is 61.4 Å². The Kier molecular flexibility index (Phi) is 7.75. The first-order valence-corrected chi connectivity index (χ1v) is 15.1. The number of nitrogens with zero attached hydrogens (tertiary/aromatic N) is 4. The standard InChI is InChI=1S/C36H33BrN4O2/c1-22(2)29-19-30(23(3)18-34(29)43-5)35-39-32-12-8-6-11-28(32)36(42)41(35)38-20-31-24(4)40(33-13-9-7-10-27(31)33)21-25-14-16-26(37)17-15-25/h6-20,22H,21H2,1-5H3. The highest BCUT2D eigenvalue weighted by atomic mass is 79.9. The summed E-state index contributed by atoms with van der Waals surface area (Å²) >= 11 is 3.53. The first-order chi connectivity index (χ1) is 20.8. The van der Waals surface area contributed by atoms with E-state index in [1.807, 2.05) is 37.3 Å². The van der Waals surface area contributed by atoms with Crippen LogP contribution in [0.2, 0.25) is 0 Å². The summed E-state index contributed by atoms with van der Waals surface area (Å²) in [5, 5.41) is 6.47. The number of hydrogen-bond donors (Lipinski definition) is 0. The van der Waals surface area contributed by atoms with E-state index < -0.39 is 0 Å². The number of benzene rings is 4. The Morgan fingerprint density at radius 1 is 0.953 bits per heavy atom. The number of ether oxygens (including phenoxy) is 1. The largest absolute Gasteiger partial charge is 0.496 e. The molecule has 0 aliphatic carbocycles. The molecule has 6 aromatic rings. The highest BCUT2D eigenvalue weighted by molar-refractivity contribution is 9.10. The number of aromatic nitrogens is 3. The summed E-state index contributed by atoms with van der Waals surface area (Å²) in [6.45, 7) is 9.09. The summed E-state index contributed by atoms with van der Waals surface area (Å²) in [7, 11) is 1.68. The van der Waals surface area contributed by atoms with Crippen LogP contribution in [0.4, 0.5) is 0 Å². The van der Waals surface area contributed by atoms with Crippen LogP contribution in [0.15, 0.2) is 99.3 Å². The average Bonchev–Trinajstić information content (AvgIpc) is 3.27. The van der Waals surface area contributed by atoms with E-state index in [-0.39, 0.29) is 11.5 Å². The van der Waals surface area contributed by atoms with Crippen LogP contribution in [0, 0.1) is 13.8 Å². The van der Waals surface area contributed by atoms with Crippen molar-refractivity contribution in [2.75, 3.05) is 7.11 Å². The molecule has 0 N–H and O–H groups in total. The lowest BCUT2D eigenvalue weighted by molar-refractivity contribution is 0.407. The molecule has 0 unspecified atom stereocenters. The Hall–Kier alpha value is -4.49. The Balaban J connectivity index is 1.55. The first kappa shape index (κ1) is 28.6. The number of halogens is 1. The SMILES string of the molecule is COc1cc(C)c(-c2nc3ccccc3c(=O)n2N=Cc2c(C)n(Cc3ccc(Br)cc3)c3ccccc23)cc1C(C)C. The van der Waals surface area contributed by atoms with Gasteiger partial charge in [-0.15, -0.1) is 0 Å². The minimum Gasteiger partial charge on any atom is -0.496 e. The monoisotopic (exact) mass is 632 g/mol. The van der Waals surface area contributed by atoms with Crippen molar-refractivity contribution in [3.05, 3.63) is 128 Å². The molecule has 43 heavy (non-hydrogen) atoms. The molecule has 4 aromatic carbocycles. The molecule has 0 atom stereocenters. The summed E-state index contributed by atoms with van der Waals surface area (Å²) in [5.41, 5.74) is 7.62. The number of rotatable bonds is 7. The van der Waals surface area contributed by atoms with E-state index in [4.69, 9.17) is 14.8 Å². The van der Waals surface area contributed by atoms with Crippen LogP contribution < -0.4 is 10.3 Å². The third kappa shape index (κ3) is 5.30. The maximum Gasteiger partial charge on any atom is 0.282 e. The lowest BCUT2D eigenvalue weighted by atomic mass is 9.96. The summed E-state index contributed by atoms with van der Waals surface area (Å²) in [6.07, 6.45) is 1.80. The minimum absolute atomic E-state index is 0.214. The zero-order chi connectivity index (χ0) is 30.2. The summed E-state index contributed by atoms with van der Waals surface area (Å²) in [4.78, 5) is 19.0. The van der Waals surface area contributed by atoms with E-state index >= 15 is 0 Å². The second-order valence-corrected chi connectivity index (χ2v) is 12.0. The van der Waals surface area contributed by atoms with Crippen molar-refractivity contribution in [3.63, 3.8) is 0 Å². The van der Waals surface area contributed by atoms with Gasteiger partial charge in [0.25, 0.3) is 5.56 Å². The van der Waals surface area contributed by atoms with Crippen molar-refractivity contribution in [1.82, 2.24) is 14.2 Å². The van der Waals surface area contributed by atoms with Crippen LogP contribution in [0.3, 0.4) is 0 Å². The normalized spacial score (nSPS) is 11.8. The van der Waals surface area contributed by atoms with Crippen molar-refractivity contribution < 1.29 is 4.74 Å². The Morgan fingerprint density at radius 3 is 2.37 bits per heavy atom. The summed E-state index contributed by atoms with van der Waals surface area (Å²) in [6, 6.07) is 28.2. The van der Waals surface area contributed by atoms with Gasteiger partial charge in [0.15, 0.2) is 5.82 Å². The van der Waals surface area contributed by atoms with E-state index in [0.717, 1.165) is 55.6 Å². The van der Waals surface area contributed by atoms with Gasteiger partial charge in [-0.3, -0.25) is 4.79 Å². The third-order valence-electron chi connectivity index (χ3n) is 8.03. The van der Waals surface area contributed by atoms with Gasteiger partial charge in [0.2, 0.25) is 0 Å². The number of para-hydroxylation sites is 2. The number of fused-ring (bicyclic) bond motifs is 2. The van der Waals surface area contributed by atoms with Gasteiger partial charge in [0.05, 0.1) is 24.2 Å². The predicted octanol–water partition coefficient (Wildman–Crippen LogP) is 8.46. The molecular formula is C36H33BrN4O2. The molecule has 0 saturated heterocycles. The molecule has 2 aromatic heterocycles. The van der Waals surface area contributed by atoms with Crippen LogP contribution in [0.1, 0.15) is 47.7 Å². The lowest BCUT2D eigenvalue weighted by Crippen LogP contribution is -2.21. The zero-order valence-electron chi connectivity index (χ0n) is 24.9. The fraction of sp³-hybridized carbons (Fsp3) is 0.194. The van der Waals surface area contributed by atoms with Crippen molar-refractivity contribution in [2.24, 2.45) is 5.10 Å². The molecule has 6 nitrogen and oxygen atoms in total. The Morgan fingerprint density at radius 2 is 1.65 bits per heavy atom. The fourth-order valence-corrected chi connectivity index (χ4v) is 5.95. The van der Waals surface area contributed by atoms with Gasteiger partial charge < -0.3 is 9.30 Å². The number of methoxy groups -OCH3 is 1. The number of hydrogen-bond acceptors (Lipinski definition) is 4. The maximum absolute atomic E-state index is 14.0. The Labute approximate surface area is 259 Å². The van der Waals surface area contributed by atoms with E-state index in [0.29, 0.717) is 16.7 Å². The number of aryl methyl sites for hydroxylation is 1. The predicted molar refractivity (Wildman–Crippen MR) is 180 cm³/mol. The highest BCUT2D eigenvalue weighted by Crippen LogP contribution is 2.34. The second-order valence-electron chi connectivity index (χ2n) is 11.1. The highest BCUT2D eigenvalue weighted by Gasteiger charge is 2.19. The van der Waals surface area contributed by atoms with Crippen molar-refractivity contribution in [1.29, 1.82) is 0 Å². The average molecular weight is 634 g/mol. The van der Waals surface area contributed by atoms with Crippen molar-refractivity contribution in [2.45, 2.75) is 40.2 Å². The van der Waals surface area contributed by atoms with Crippen LogP contribution in [0.5, 0.6) is 5.75 Å².